The molecule has 118 valence electrons. The van der Waals surface area contributed by atoms with Crippen LogP contribution in [0.3, 0.4) is 0 Å². The number of thioether (sulfide) groups is 1. The summed E-state index contributed by atoms with van der Waals surface area (Å²) in [5.41, 5.74) is 6.61. The van der Waals surface area contributed by atoms with Crippen molar-refractivity contribution in [2.45, 2.75) is 12.8 Å². The summed E-state index contributed by atoms with van der Waals surface area (Å²) in [5, 5.41) is 3.55. The molecule has 0 aliphatic carbocycles. The molecule has 0 aromatic heterocycles. The third-order valence-electron chi connectivity index (χ3n) is 2.73. The number of halogens is 2. The Balaban J connectivity index is 2.31. The van der Waals surface area contributed by atoms with Crippen LogP contribution in [0, 0.1) is 0 Å². The zero-order valence-electron chi connectivity index (χ0n) is 12.3. The summed E-state index contributed by atoms with van der Waals surface area (Å²) in [5.74, 6) is 1.95. The van der Waals surface area contributed by atoms with Gasteiger partial charge in [0.15, 0.2) is 0 Å². The third-order valence-corrected chi connectivity index (χ3v) is 4.29. The van der Waals surface area contributed by atoms with E-state index in [9.17, 15) is 4.79 Å². The molecule has 0 atom stereocenters. The lowest BCUT2D eigenvalue weighted by Gasteiger charge is -2.11. The van der Waals surface area contributed by atoms with Crippen LogP contribution in [0.1, 0.15) is 12.8 Å². The standard InChI is InChI=1S/C14H21Cl2N3OS/c1-19(2)5-7-21-6-3-4-13(20)18-14-11(16)8-10(15)9-12(14)17/h8-9H,3-7,17H2,1-2H3,(H,18,20). The molecule has 1 aromatic rings. The summed E-state index contributed by atoms with van der Waals surface area (Å²) in [6, 6.07) is 3.13. The van der Waals surface area contributed by atoms with E-state index in [4.69, 9.17) is 28.9 Å². The van der Waals surface area contributed by atoms with Crippen LogP contribution in [0.5, 0.6) is 0 Å². The van der Waals surface area contributed by atoms with Crippen molar-refractivity contribution in [1.29, 1.82) is 0 Å². The first-order valence-corrected chi connectivity index (χ1v) is 8.58. The van der Waals surface area contributed by atoms with Crippen molar-refractivity contribution in [2.75, 3.05) is 43.2 Å². The molecule has 0 fully saturated rings. The van der Waals surface area contributed by atoms with E-state index in [1.807, 2.05) is 25.9 Å². The van der Waals surface area contributed by atoms with E-state index in [0.717, 1.165) is 24.5 Å². The Morgan fingerprint density at radius 2 is 2.05 bits per heavy atom. The second kappa shape index (κ2) is 9.41. The molecule has 0 aliphatic heterocycles. The van der Waals surface area contributed by atoms with Crippen molar-refractivity contribution < 1.29 is 4.79 Å². The maximum atomic E-state index is 11.9. The summed E-state index contributed by atoms with van der Waals surface area (Å²) in [7, 11) is 4.10. The highest BCUT2D eigenvalue weighted by molar-refractivity contribution is 7.99. The lowest BCUT2D eigenvalue weighted by Crippen LogP contribution is -2.15. The fraction of sp³-hybridized carbons (Fsp3) is 0.500. The number of carbonyl (C=O) groups is 1. The predicted molar refractivity (Wildman–Crippen MR) is 94.6 cm³/mol. The molecule has 0 unspecified atom stereocenters. The highest BCUT2D eigenvalue weighted by Gasteiger charge is 2.10. The molecule has 0 radical (unpaired) electrons. The lowest BCUT2D eigenvalue weighted by molar-refractivity contribution is -0.116. The first-order valence-electron chi connectivity index (χ1n) is 6.67. The van der Waals surface area contributed by atoms with E-state index < -0.39 is 0 Å². The topological polar surface area (TPSA) is 58.4 Å². The van der Waals surface area contributed by atoms with Gasteiger partial charge in [0, 0.05) is 23.7 Å². The molecule has 3 N–H and O–H groups in total. The van der Waals surface area contributed by atoms with Gasteiger partial charge in [0.2, 0.25) is 5.91 Å². The van der Waals surface area contributed by atoms with Crippen LogP contribution in [0.15, 0.2) is 12.1 Å². The van der Waals surface area contributed by atoms with Crippen LogP contribution in [0.25, 0.3) is 0 Å². The summed E-state index contributed by atoms with van der Waals surface area (Å²) in [4.78, 5) is 14.0. The monoisotopic (exact) mass is 349 g/mol. The maximum Gasteiger partial charge on any atom is 0.224 e. The van der Waals surface area contributed by atoms with Gasteiger partial charge in [-0.1, -0.05) is 23.2 Å². The van der Waals surface area contributed by atoms with Gasteiger partial charge in [0.25, 0.3) is 0 Å². The van der Waals surface area contributed by atoms with Crippen molar-refractivity contribution in [3.63, 3.8) is 0 Å². The largest absolute Gasteiger partial charge is 0.397 e. The highest BCUT2D eigenvalue weighted by Crippen LogP contribution is 2.32. The Kier molecular flexibility index (Phi) is 8.26. The molecule has 21 heavy (non-hydrogen) atoms. The van der Waals surface area contributed by atoms with Crippen LogP contribution in [-0.4, -0.2) is 43.0 Å². The smallest absolute Gasteiger partial charge is 0.224 e. The van der Waals surface area contributed by atoms with Gasteiger partial charge >= 0.3 is 0 Å². The van der Waals surface area contributed by atoms with Crippen molar-refractivity contribution in [1.82, 2.24) is 4.90 Å². The highest BCUT2D eigenvalue weighted by atomic mass is 35.5. The zero-order valence-corrected chi connectivity index (χ0v) is 14.6. The van der Waals surface area contributed by atoms with Gasteiger partial charge in [-0.05, 0) is 38.4 Å². The lowest BCUT2D eigenvalue weighted by atomic mass is 10.2. The summed E-state index contributed by atoms with van der Waals surface area (Å²) >= 11 is 13.7. The van der Waals surface area contributed by atoms with Crippen LogP contribution >= 0.6 is 35.0 Å². The van der Waals surface area contributed by atoms with E-state index in [1.165, 1.54) is 0 Å². The van der Waals surface area contributed by atoms with Gasteiger partial charge in [0.1, 0.15) is 0 Å². The Hall–Kier alpha value is -0.620. The molecular weight excluding hydrogens is 329 g/mol. The second-order valence-corrected chi connectivity index (χ2v) is 6.99. The van der Waals surface area contributed by atoms with E-state index in [2.05, 4.69) is 10.2 Å². The van der Waals surface area contributed by atoms with Gasteiger partial charge < -0.3 is 16.0 Å². The van der Waals surface area contributed by atoms with E-state index in [0.29, 0.717) is 27.8 Å². The van der Waals surface area contributed by atoms with Crippen molar-refractivity contribution in [3.05, 3.63) is 22.2 Å². The van der Waals surface area contributed by atoms with Gasteiger partial charge in [-0.2, -0.15) is 11.8 Å². The molecule has 0 saturated heterocycles. The molecule has 1 aromatic carbocycles. The van der Waals surface area contributed by atoms with E-state index >= 15 is 0 Å². The molecule has 1 amide bonds. The number of nitrogens with one attached hydrogen (secondary N) is 1. The molecular formula is C14H21Cl2N3OS. The first kappa shape index (κ1) is 18.4. The minimum atomic E-state index is -0.0841. The van der Waals surface area contributed by atoms with E-state index in [1.54, 1.807) is 12.1 Å². The average molecular weight is 350 g/mol. The molecule has 0 spiro atoms. The van der Waals surface area contributed by atoms with Crippen molar-refractivity contribution in [3.8, 4) is 0 Å². The SMILES string of the molecule is CN(C)CCSCCCC(=O)Nc1c(N)cc(Cl)cc1Cl. The first-order chi connectivity index (χ1) is 9.90. The van der Waals surface area contributed by atoms with Crippen molar-refractivity contribution in [2.24, 2.45) is 0 Å². The molecule has 0 bridgehead atoms. The molecule has 4 nitrogen and oxygen atoms in total. The third kappa shape index (κ3) is 7.27. The summed E-state index contributed by atoms with van der Waals surface area (Å²) < 4.78 is 0. The van der Waals surface area contributed by atoms with Gasteiger partial charge in [-0.15, -0.1) is 0 Å². The van der Waals surface area contributed by atoms with Crippen LogP contribution in [-0.2, 0) is 4.79 Å². The number of nitrogen functional groups attached to an aromatic ring is 1. The van der Waals surface area contributed by atoms with Crippen LogP contribution < -0.4 is 11.1 Å². The summed E-state index contributed by atoms with van der Waals surface area (Å²) in [6.45, 7) is 1.05. The minimum Gasteiger partial charge on any atom is -0.397 e. The Morgan fingerprint density at radius 1 is 1.33 bits per heavy atom. The minimum absolute atomic E-state index is 0.0841. The predicted octanol–water partition coefficient (Wildman–Crippen LogP) is 3.59. The number of nitrogens with two attached hydrogens (primary N) is 1. The molecule has 0 saturated carbocycles. The Bertz CT molecular complexity index is 460. The fourth-order valence-electron chi connectivity index (χ4n) is 1.61. The molecule has 0 aliphatic rings. The quantitative estimate of drug-likeness (QED) is 0.556. The maximum absolute atomic E-state index is 11.9. The number of anilines is 2. The molecule has 0 heterocycles. The number of carbonyl (C=O) groups excluding carboxylic acids is 1. The number of rotatable bonds is 8. The van der Waals surface area contributed by atoms with Crippen LogP contribution in [0.4, 0.5) is 11.4 Å². The van der Waals surface area contributed by atoms with Gasteiger partial charge in [0.05, 0.1) is 16.4 Å². The Morgan fingerprint density at radius 3 is 2.67 bits per heavy atom. The molecule has 1 rings (SSSR count). The number of benzene rings is 1. The fourth-order valence-corrected chi connectivity index (χ4v) is 3.21. The zero-order chi connectivity index (χ0) is 15.8. The van der Waals surface area contributed by atoms with Gasteiger partial charge in [-0.3, -0.25) is 4.79 Å². The number of nitrogens with zero attached hydrogens (tertiary/aromatic N) is 1. The second-order valence-electron chi connectivity index (χ2n) is 4.92. The van der Waals surface area contributed by atoms with Crippen molar-refractivity contribution >= 4 is 52.2 Å². The van der Waals surface area contributed by atoms with Crippen LogP contribution in [0.2, 0.25) is 10.0 Å². The van der Waals surface area contributed by atoms with Gasteiger partial charge in [-0.25, -0.2) is 0 Å². The Labute approximate surface area is 140 Å². The number of hydrogen-bond donors (Lipinski definition) is 2. The number of hydrogen-bond acceptors (Lipinski definition) is 4. The normalized spacial score (nSPS) is 10.9. The summed E-state index contributed by atoms with van der Waals surface area (Å²) in [6.07, 6.45) is 1.28. The number of amides is 1. The van der Waals surface area contributed by atoms with E-state index in [-0.39, 0.29) is 5.91 Å². The molecule has 7 heteroatoms. The average Bonchev–Trinajstić information content (AvgIpc) is 2.37.